The molecule has 1 aliphatic heterocycles. The number of anilines is 1. The van der Waals surface area contributed by atoms with E-state index in [4.69, 9.17) is 0 Å². The summed E-state index contributed by atoms with van der Waals surface area (Å²) in [5.74, 6) is 0.421. The van der Waals surface area contributed by atoms with Gasteiger partial charge in [0.05, 0.1) is 0 Å². The van der Waals surface area contributed by atoms with E-state index < -0.39 is 0 Å². The summed E-state index contributed by atoms with van der Waals surface area (Å²) in [4.78, 5) is 30.7. The maximum atomic E-state index is 12.5. The maximum Gasteiger partial charge on any atom is 0.273 e. The highest BCUT2D eigenvalue weighted by atomic mass is 32.1. The highest BCUT2D eigenvalue weighted by Crippen LogP contribution is 2.21. The molecule has 1 aromatic heterocycles. The number of benzene rings is 1. The summed E-state index contributed by atoms with van der Waals surface area (Å²) in [6.07, 6.45) is 3.30. The molecule has 25 heavy (non-hydrogen) atoms. The summed E-state index contributed by atoms with van der Waals surface area (Å²) in [5.41, 5.74) is 1.56. The second-order valence-corrected chi connectivity index (χ2v) is 7.43. The van der Waals surface area contributed by atoms with Crippen LogP contribution in [-0.2, 0) is 11.2 Å². The van der Waals surface area contributed by atoms with Crippen molar-refractivity contribution in [1.82, 2.24) is 9.88 Å². The van der Waals surface area contributed by atoms with Gasteiger partial charge in [0.2, 0.25) is 5.91 Å². The summed E-state index contributed by atoms with van der Waals surface area (Å²) < 4.78 is 0. The Balaban J connectivity index is 1.52. The molecule has 0 aliphatic carbocycles. The summed E-state index contributed by atoms with van der Waals surface area (Å²) in [6, 6.07) is 9.90. The van der Waals surface area contributed by atoms with Gasteiger partial charge < -0.3 is 10.2 Å². The van der Waals surface area contributed by atoms with E-state index in [9.17, 15) is 9.59 Å². The number of aromatic nitrogens is 1. The van der Waals surface area contributed by atoms with Crippen molar-refractivity contribution >= 4 is 28.3 Å². The van der Waals surface area contributed by atoms with Crippen LogP contribution in [0.4, 0.5) is 5.13 Å². The molecule has 0 bridgehead atoms. The number of carbonyl (C=O) groups excluding carboxylic acids is 2. The highest BCUT2D eigenvalue weighted by molar-refractivity contribution is 7.14. The average Bonchev–Trinajstić information content (AvgIpc) is 3.08. The molecule has 1 fully saturated rings. The number of amides is 2. The monoisotopic (exact) mass is 357 g/mol. The predicted octanol–water partition coefficient (Wildman–Crippen LogP) is 3.59. The maximum absolute atomic E-state index is 12.5. The molecule has 0 saturated carbocycles. The Morgan fingerprint density at radius 2 is 2.12 bits per heavy atom. The van der Waals surface area contributed by atoms with E-state index in [0.717, 1.165) is 25.1 Å². The van der Waals surface area contributed by atoms with Crippen LogP contribution in [0.25, 0.3) is 0 Å². The SMILES string of the molecule is CC1CCCN(C(=O)c2csc(NC(=O)CCc3ccccc3)n2)C1. The van der Waals surface area contributed by atoms with E-state index in [2.05, 4.69) is 17.2 Å². The molecule has 1 N–H and O–H groups in total. The molecule has 1 aliphatic rings. The summed E-state index contributed by atoms with van der Waals surface area (Å²) in [7, 11) is 0. The molecule has 0 spiro atoms. The second kappa shape index (κ2) is 8.25. The van der Waals surface area contributed by atoms with Gasteiger partial charge in [-0.3, -0.25) is 9.59 Å². The molecule has 132 valence electrons. The first-order chi connectivity index (χ1) is 12.1. The van der Waals surface area contributed by atoms with Crippen LogP contribution in [0, 0.1) is 5.92 Å². The summed E-state index contributed by atoms with van der Waals surface area (Å²) in [6.45, 7) is 3.74. The zero-order chi connectivity index (χ0) is 17.6. The molecule has 6 heteroatoms. The molecule has 0 radical (unpaired) electrons. The molecule has 2 amide bonds. The number of hydrogen-bond acceptors (Lipinski definition) is 4. The molecule has 1 unspecified atom stereocenters. The van der Waals surface area contributed by atoms with Gasteiger partial charge in [0.1, 0.15) is 5.69 Å². The van der Waals surface area contributed by atoms with Crippen LogP contribution in [0.2, 0.25) is 0 Å². The normalized spacial score (nSPS) is 17.3. The lowest BCUT2D eigenvalue weighted by Crippen LogP contribution is -2.39. The molecule has 1 atom stereocenters. The second-order valence-electron chi connectivity index (χ2n) is 6.57. The lowest BCUT2D eigenvalue weighted by molar-refractivity contribution is -0.116. The number of nitrogens with one attached hydrogen (secondary N) is 1. The Bertz CT molecular complexity index is 729. The van der Waals surface area contributed by atoms with Crippen molar-refractivity contribution in [1.29, 1.82) is 0 Å². The van der Waals surface area contributed by atoms with Gasteiger partial charge in [-0.25, -0.2) is 4.98 Å². The van der Waals surface area contributed by atoms with Crippen molar-refractivity contribution in [2.24, 2.45) is 5.92 Å². The van der Waals surface area contributed by atoms with Gasteiger partial charge in [0.25, 0.3) is 5.91 Å². The van der Waals surface area contributed by atoms with Gasteiger partial charge in [-0.2, -0.15) is 0 Å². The molecular weight excluding hydrogens is 334 g/mol. The Morgan fingerprint density at radius 3 is 2.88 bits per heavy atom. The highest BCUT2D eigenvalue weighted by Gasteiger charge is 2.24. The third kappa shape index (κ3) is 4.89. The largest absolute Gasteiger partial charge is 0.337 e. The van der Waals surface area contributed by atoms with E-state index in [1.54, 1.807) is 5.38 Å². The minimum absolute atomic E-state index is 0.0346. The van der Waals surface area contributed by atoms with Crippen LogP contribution in [0.15, 0.2) is 35.7 Å². The van der Waals surface area contributed by atoms with Crippen molar-refractivity contribution in [3.05, 3.63) is 47.0 Å². The molecular formula is C19H23N3O2S. The zero-order valence-electron chi connectivity index (χ0n) is 14.4. The van der Waals surface area contributed by atoms with Crippen LogP contribution in [0.1, 0.15) is 42.2 Å². The van der Waals surface area contributed by atoms with Gasteiger partial charge >= 0.3 is 0 Å². The summed E-state index contributed by atoms with van der Waals surface area (Å²) in [5, 5.41) is 5.02. The van der Waals surface area contributed by atoms with E-state index in [0.29, 0.717) is 29.6 Å². The molecule has 2 heterocycles. The van der Waals surface area contributed by atoms with E-state index in [-0.39, 0.29) is 11.8 Å². The fraction of sp³-hybridized carbons (Fsp3) is 0.421. The van der Waals surface area contributed by atoms with Crippen LogP contribution < -0.4 is 5.32 Å². The van der Waals surface area contributed by atoms with E-state index >= 15 is 0 Å². The lowest BCUT2D eigenvalue weighted by Gasteiger charge is -2.30. The number of aryl methyl sites for hydroxylation is 1. The van der Waals surface area contributed by atoms with Crippen LogP contribution in [-0.4, -0.2) is 34.8 Å². The fourth-order valence-corrected chi connectivity index (χ4v) is 3.75. The number of thiazole rings is 1. The average molecular weight is 357 g/mol. The number of nitrogens with zero attached hydrogens (tertiary/aromatic N) is 2. The number of likely N-dealkylation sites (tertiary alicyclic amines) is 1. The number of carbonyl (C=O) groups is 2. The van der Waals surface area contributed by atoms with Gasteiger partial charge in [-0.05, 0) is 30.7 Å². The van der Waals surface area contributed by atoms with Crippen molar-refractivity contribution in [2.45, 2.75) is 32.6 Å². The standard InChI is InChI=1S/C19H23N3O2S/c1-14-6-5-11-22(12-14)18(24)16-13-25-19(20-16)21-17(23)10-9-15-7-3-2-4-8-15/h2-4,7-8,13-14H,5-6,9-12H2,1H3,(H,20,21,23). The van der Waals surface area contributed by atoms with Crippen molar-refractivity contribution < 1.29 is 9.59 Å². The molecule has 5 nitrogen and oxygen atoms in total. The van der Waals surface area contributed by atoms with Crippen molar-refractivity contribution in [2.75, 3.05) is 18.4 Å². The van der Waals surface area contributed by atoms with Gasteiger partial charge in [-0.15, -0.1) is 11.3 Å². The van der Waals surface area contributed by atoms with Crippen LogP contribution in [0.3, 0.4) is 0 Å². The van der Waals surface area contributed by atoms with Gasteiger partial charge in [0, 0.05) is 24.9 Å². The predicted molar refractivity (Wildman–Crippen MR) is 99.8 cm³/mol. The first kappa shape index (κ1) is 17.6. The quantitative estimate of drug-likeness (QED) is 0.889. The number of piperidine rings is 1. The third-order valence-corrected chi connectivity index (χ3v) is 5.16. The Hall–Kier alpha value is -2.21. The number of hydrogen-bond donors (Lipinski definition) is 1. The first-order valence-electron chi connectivity index (χ1n) is 8.70. The minimum atomic E-state index is -0.0798. The Kier molecular flexibility index (Phi) is 5.81. The van der Waals surface area contributed by atoms with Crippen molar-refractivity contribution in [3.8, 4) is 0 Å². The van der Waals surface area contributed by atoms with E-state index in [1.165, 1.54) is 17.8 Å². The topological polar surface area (TPSA) is 62.3 Å². The molecule has 1 saturated heterocycles. The molecule has 1 aromatic carbocycles. The zero-order valence-corrected chi connectivity index (χ0v) is 15.2. The van der Waals surface area contributed by atoms with Crippen molar-refractivity contribution in [3.63, 3.8) is 0 Å². The van der Waals surface area contributed by atoms with Crippen LogP contribution >= 0.6 is 11.3 Å². The van der Waals surface area contributed by atoms with Gasteiger partial charge in [-0.1, -0.05) is 37.3 Å². The fourth-order valence-electron chi connectivity index (χ4n) is 3.05. The minimum Gasteiger partial charge on any atom is -0.337 e. The van der Waals surface area contributed by atoms with E-state index in [1.807, 2.05) is 35.2 Å². The lowest BCUT2D eigenvalue weighted by atomic mass is 10.0. The third-order valence-electron chi connectivity index (χ3n) is 4.40. The Morgan fingerprint density at radius 1 is 1.32 bits per heavy atom. The smallest absolute Gasteiger partial charge is 0.273 e. The first-order valence-corrected chi connectivity index (χ1v) is 9.58. The number of rotatable bonds is 5. The molecule has 3 rings (SSSR count). The summed E-state index contributed by atoms with van der Waals surface area (Å²) >= 11 is 1.30. The Labute approximate surface area is 152 Å². The van der Waals surface area contributed by atoms with Gasteiger partial charge in [0.15, 0.2) is 5.13 Å². The molecule has 2 aromatic rings. The van der Waals surface area contributed by atoms with Crippen LogP contribution in [0.5, 0.6) is 0 Å².